The van der Waals surface area contributed by atoms with Gasteiger partial charge in [0, 0.05) is 19.6 Å². The summed E-state index contributed by atoms with van der Waals surface area (Å²) in [6.45, 7) is 9.02. The maximum Gasteiger partial charge on any atom is 0.233 e. The number of amides is 2. The van der Waals surface area contributed by atoms with Gasteiger partial charge < -0.3 is 15.4 Å². The fraction of sp³-hybridized carbons (Fsp3) is 0.560. The number of carbonyl (C=O) groups excluding carboxylic acids is 2. The Morgan fingerprint density at radius 1 is 1.16 bits per heavy atom. The number of likely N-dealkylation sites (tertiary alicyclic amines) is 1. The Morgan fingerprint density at radius 3 is 2.53 bits per heavy atom. The molecular weight excluding hydrogens is 404 g/mol. The molecular formula is C25H34N4O3. The summed E-state index contributed by atoms with van der Waals surface area (Å²) >= 11 is 0. The first kappa shape index (κ1) is 22.4. The maximum atomic E-state index is 12.8. The van der Waals surface area contributed by atoms with E-state index in [4.69, 9.17) is 4.74 Å². The SMILES string of the molecule is CCNC(=NCc1cccc(OCC(C)C)c1)NCCN1C(=O)C2C3C=CC(C3)C2C1=O. The average Bonchev–Trinajstić information content (AvgIpc) is 3.46. The van der Waals surface area contributed by atoms with E-state index in [1.165, 1.54) is 4.90 Å². The molecule has 1 saturated heterocycles. The van der Waals surface area contributed by atoms with Gasteiger partial charge >= 0.3 is 0 Å². The van der Waals surface area contributed by atoms with Crippen molar-refractivity contribution in [1.29, 1.82) is 0 Å². The summed E-state index contributed by atoms with van der Waals surface area (Å²) in [6, 6.07) is 7.97. The van der Waals surface area contributed by atoms with E-state index in [0.717, 1.165) is 24.3 Å². The van der Waals surface area contributed by atoms with Gasteiger partial charge in [0.2, 0.25) is 11.8 Å². The first-order valence-corrected chi connectivity index (χ1v) is 11.8. The molecule has 7 heteroatoms. The van der Waals surface area contributed by atoms with Crippen molar-refractivity contribution >= 4 is 17.8 Å². The molecule has 32 heavy (non-hydrogen) atoms. The fourth-order valence-electron chi connectivity index (χ4n) is 4.98. The van der Waals surface area contributed by atoms with Gasteiger partial charge in [-0.15, -0.1) is 0 Å². The minimum atomic E-state index is -0.135. The maximum absolute atomic E-state index is 12.8. The quantitative estimate of drug-likeness (QED) is 0.268. The zero-order valence-corrected chi connectivity index (χ0v) is 19.2. The number of aliphatic imine (C=N–C) groups is 1. The molecule has 0 aromatic heterocycles. The van der Waals surface area contributed by atoms with Crippen LogP contribution >= 0.6 is 0 Å². The van der Waals surface area contributed by atoms with Crippen LogP contribution < -0.4 is 15.4 Å². The zero-order valence-electron chi connectivity index (χ0n) is 19.2. The van der Waals surface area contributed by atoms with Gasteiger partial charge in [-0.2, -0.15) is 0 Å². The van der Waals surface area contributed by atoms with E-state index in [1.807, 2.05) is 31.2 Å². The highest BCUT2D eigenvalue weighted by Crippen LogP contribution is 2.52. The highest BCUT2D eigenvalue weighted by Gasteiger charge is 2.58. The number of nitrogens with one attached hydrogen (secondary N) is 2. The number of fused-ring (bicyclic) bond motifs is 5. The minimum Gasteiger partial charge on any atom is -0.493 e. The highest BCUT2D eigenvalue weighted by atomic mass is 16.5. The number of rotatable bonds is 9. The first-order chi connectivity index (χ1) is 15.5. The minimum absolute atomic E-state index is 0.00111. The van der Waals surface area contributed by atoms with Gasteiger partial charge in [-0.3, -0.25) is 14.5 Å². The summed E-state index contributed by atoms with van der Waals surface area (Å²) in [5.41, 5.74) is 1.06. The second-order valence-electron chi connectivity index (χ2n) is 9.30. The number of hydrogen-bond donors (Lipinski definition) is 2. The molecule has 4 atom stereocenters. The van der Waals surface area contributed by atoms with Gasteiger partial charge in [0.05, 0.1) is 25.0 Å². The molecule has 4 unspecified atom stereocenters. The molecule has 2 bridgehead atoms. The van der Waals surface area contributed by atoms with Crippen LogP contribution in [0, 0.1) is 29.6 Å². The van der Waals surface area contributed by atoms with E-state index in [-0.39, 0.29) is 35.5 Å². The molecule has 1 heterocycles. The second-order valence-corrected chi connectivity index (χ2v) is 9.30. The van der Waals surface area contributed by atoms with Gasteiger partial charge in [-0.1, -0.05) is 38.1 Å². The van der Waals surface area contributed by atoms with Gasteiger partial charge in [0.1, 0.15) is 5.75 Å². The molecule has 1 aliphatic heterocycles. The normalized spacial score (nSPS) is 26.2. The Balaban J connectivity index is 1.30. The van der Waals surface area contributed by atoms with Crippen LogP contribution in [0.15, 0.2) is 41.4 Å². The van der Waals surface area contributed by atoms with E-state index in [9.17, 15) is 9.59 Å². The molecule has 1 saturated carbocycles. The summed E-state index contributed by atoms with van der Waals surface area (Å²) < 4.78 is 5.80. The summed E-state index contributed by atoms with van der Waals surface area (Å²) in [6.07, 6.45) is 5.20. The first-order valence-electron chi connectivity index (χ1n) is 11.8. The number of guanidine groups is 1. The Kier molecular flexibility index (Phi) is 6.82. The van der Waals surface area contributed by atoms with Crippen molar-refractivity contribution in [3.63, 3.8) is 0 Å². The molecule has 2 aliphatic carbocycles. The number of benzene rings is 1. The molecule has 2 amide bonds. The predicted molar refractivity (Wildman–Crippen MR) is 124 cm³/mol. The predicted octanol–water partition coefficient (Wildman–Crippen LogP) is 2.58. The lowest BCUT2D eigenvalue weighted by Gasteiger charge is -2.18. The van der Waals surface area contributed by atoms with E-state index in [0.29, 0.717) is 38.1 Å². The van der Waals surface area contributed by atoms with Crippen molar-refractivity contribution < 1.29 is 14.3 Å². The second kappa shape index (κ2) is 9.76. The molecule has 1 aromatic rings. The number of allylic oxidation sites excluding steroid dienone is 2. The smallest absolute Gasteiger partial charge is 0.233 e. The van der Waals surface area contributed by atoms with Crippen LogP contribution in [0.1, 0.15) is 32.8 Å². The summed E-state index contributed by atoms with van der Waals surface area (Å²) in [7, 11) is 0. The molecule has 0 spiro atoms. The van der Waals surface area contributed by atoms with Gasteiger partial charge in [0.15, 0.2) is 5.96 Å². The number of ether oxygens (including phenoxy) is 1. The van der Waals surface area contributed by atoms with E-state index in [2.05, 4.69) is 41.6 Å². The van der Waals surface area contributed by atoms with Crippen LogP contribution in [0.5, 0.6) is 5.75 Å². The zero-order chi connectivity index (χ0) is 22.7. The molecule has 2 fully saturated rings. The van der Waals surface area contributed by atoms with Crippen LogP contribution in [0.4, 0.5) is 0 Å². The molecule has 1 aromatic carbocycles. The molecule has 2 N–H and O–H groups in total. The number of nitrogens with zero attached hydrogens (tertiary/aromatic N) is 2. The average molecular weight is 439 g/mol. The Hall–Kier alpha value is -2.83. The Labute approximate surface area is 190 Å². The third kappa shape index (κ3) is 4.66. The molecule has 0 radical (unpaired) electrons. The molecule has 7 nitrogen and oxygen atoms in total. The summed E-state index contributed by atoms with van der Waals surface area (Å²) in [5.74, 6) is 2.22. The number of hydrogen-bond acceptors (Lipinski definition) is 4. The summed E-state index contributed by atoms with van der Waals surface area (Å²) in [4.78, 5) is 31.7. The number of imide groups is 1. The Bertz CT molecular complexity index is 880. The van der Waals surface area contributed by atoms with Gasteiger partial charge in [-0.05, 0) is 48.8 Å². The Morgan fingerprint density at radius 2 is 1.88 bits per heavy atom. The standard InChI is InChI=1S/C25H34N4O3/c1-4-26-25(28-14-17-6-5-7-20(12-17)32-15-16(2)3)27-10-11-29-23(30)21-18-8-9-19(13-18)22(21)24(29)31/h5-9,12,16,18-19,21-22H,4,10-11,13-15H2,1-3H3,(H2,26,27,28). The van der Waals surface area contributed by atoms with Crippen LogP contribution in [-0.4, -0.2) is 48.9 Å². The summed E-state index contributed by atoms with van der Waals surface area (Å²) in [5, 5.41) is 6.49. The van der Waals surface area contributed by atoms with Crippen LogP contribution in [0.3, 0.4) is 0 Å². The largest absolute Gasteiger partial charge is 0.493 e. The van der Waals surface area contributed by atoms with Crippen molar-refractivity contribution in [2.24, 2.45) is 34.6 Å². The third-order valence-electron chi connectivity index (χ3n) is 6.44. The fourth-order valence-corrected chi connectivity index (χ4v) is 4.98. The van der Waals surface area contributed by atoms with Crippen LogP contribution in [0.25, 0.3) is 0 Å². The van der Waals surface area contributed by atoms with Crippen molar-refractivity contribution in [1.82, 2.24) is 15.5 Å². The molecule has 3 aliphatic rings. The van der Waals surface area contributed by atoms with Crippen molar-refractivity contribution in [3.8, 4) is 5.75 Å². The van der Waals surface area contributed by atoms with Gasteiger partial charge in [-0.25, -0.2) is 4.99 Å². The van der Waals surface area contributed by atoms with Gasteiger partial charge in [0.25, 0.3) is 0 Å². The third-order valence-corrected chi connectivity index (χ3v) is 6.44. The van der Waals surface area contributed by atoms with Crippen LogP contribution in [0.2, 0.25) is 0 Å². The lowest BCUT2D eigenvalue weighted by Crippen LogP contribution is -2.43. The van der Waals surface area contributed by atoms with Crippen LogP contribution in [-0.2, 0) is 16.1 Å². The van der Waals surface area contributed by atoms with Crippen molar-refractivity contribution in [2.45, 2.75) is 33.7 Å². The number of carbonyl (C=O) groups is 2. The topological polar surface area (TPSA) is 83.0 Å². The van der Waals surface area contributed by atoms with Crippen molar-refractivity contribution in [2.75, 3.05) is 26.2 Å². The molecule has 4 rings (SSSR count). The van der Waals surface area contributed by atoms with E-state index < -0.39 is 0 Å². The highest BCUT2D eigenvalue weighted by molar-refractivity contribution is 6.06. The monoisotopic (exact) mass is 438 g/mol. The van der Waals surface area contributed by atoms with E-state index >= 15 is 0 Å². The molecule has 172 valence electrons. The van der Waals surface area contributed by atoms with Crippen molar-refractivity contribution in [3.05, 3.63) is 42.0 Å². The lowest BCUT2D eigenvalue weighted by molar-refractivity contribution is -0.140. The lowest BCUT2D eigenvalue weighted by atomic mass is 9.85. The van der Waals surface area contributed by atoms with E-state index in [1.54, 1.807) is 0 Å².